The molecule has 1 unspecified atom stereocenters. The second kappa shape index (κ2) is 5.04. The van der Waals surface area contributed by atoms with Crippen molar-refractivity contribution in [1.29, 1.82) is 0 Å². The molecule has 1 atom stereocenters. The number of nitrogens with zero attached hydrogens (tertiary/aromatic N) is 2. The van der Waals surface area contributed by atoms with E-state index in [4.69, 9.17) is 9.47 Å². The van der Waals surface area contributed by atoms with Gasteiger partial charge < -0.3 is 14.8 Å². The quantitative estimate of drug-likeness (QED) is 0.760. The van der Waals surface area contributed by atoms with Gasteiger partial charge in [-0.15, -0.1) is 0 Å². The first kappa shape index (κ1) is 10.3. The molecule has 0 amide bonds. The summed E-state index contributed by atoms with van der Waals surface area (Å²) in [7, 11) is 1.61. The van der Waals surface area contributed by atoms with Gasteiger partial charge in [-0.25, -0.2) is 9.97 Å². The van der Waals surface area contributed by atoms with E-state index in [-0.39, 0.29) is 0 Å². The summed E-state index contributed by atoms with van der Waals surface area (Å²) >= 11 is 0. The van der Waals surface area contributed by atoms with Gasteiger partial charge in [0.1, 0.15) is 6.33 Å². The number of hydrogen-bond acceptors (Lipinski definition) is 5. The predicted molar refractivity (Wildman–Crippen MR) is 54.9 cm³/mol. The Balaban J connectivity index is 1.96. The van der Waals surface area contributed by atoms with Gasteiger partial charge in [-0.3, -0.25) is 0 Å². The molecule has 5 nitrogen and oxygen atoms in total. The van der Waals surface area contributed by atoms with Crippen molar-refractivity contribution in [2.45, 2.75) is 12.5 Å². The zero-order valence-electron chi connectivity index (χ0n) is 8.77. The van der Waals surface area contributed by atoms with Gasteiger partial charge in [-0.2, -0.15) is 0 Å². The minimum atomic E-state index is 0.346. The molecule has 0 aromatic carbocycles. The minimum absolute atomic E-state index is 0.346. The standard InChI is InChI=1S/C10H15N3O2/c1-14-10-5-8(12-7-13-10)4-9-6-15-3-2-11-9/h5,7,9,11H,2-4,6H2,1H3. The molecule has 82 valence electrons. The fraction of sp³-hybridized carbons (Fsp3) is 0.600. The Kier molecular flexibility index (Phi) is 3.47. The number of morpholine rings is 1. The summed E-state index contributed by atoms with van der Waals surface area (Å²) in [5.41, 5.74) is 0.977. The van der Waals surface area contributed by atoms with Gasteiger partial charge in [-0.1, -0.05) is 0 Å². The molecule has 0 bridgehead atoms. The molecule has 1 aliphatic heterocycles. The van der Waals surface area contributed by atoms with E-state index >= 15 is 0 Å². The maximum absolute atomic E-state index is 5.37. The molecule has 2 heterocycles. The molecule has 1 N–H and O–H groups in total. The average Bonchev–Trinajstić information content (AvgIpc) is 2.31. The average molecular weight is 209 g/mol. The van der Waals surface area contributed by atoms with Gasteiger partial charge in [0.15, 0.2) is 0 Å². The fourth-order valence-electron chi connectivity index (χ4n) is 1.60. The predicted octanol–water partition coefficient (Wildman–Crippen LogP) is 0.0161. The highest BCUT2D eigenvalue weighted by Crippen LogP contribution is 2.08. The van der Waals surface area contributed by atoms with E-state index in [1.54, 1.807) is 7.11 Å². The van der Waals surface area contributed by atoms with Crippen LogP contribution in [-0.4, -0.2) is 42.9 Å². The summed E-state index contributed by atoms with van der Waals surface area (Å²) in [5.74, 6) is 0.608. The smallest absolute Gasteiger partial charge is 0.216 e. The SMILES string of the molecule is COc1cc(CC2COCCN2)ncn1. The van der Waals surface area contributed by atoms with E-state index < -0.39 is 0 Å². The molecule has 0 radical (unpaired) electrons. The maximum Gasteiger partial charge on any atom is 0.216 e. The highest BCUT2D eigenvalue weighted by Gasteiger charge is 2.14. The van der Waals surface area contributed by atoms with E-state index in [2.05, 4.69) is 15.3 Å². The van der Waals surface area contributed by atoms with Crippen LogP contribution < -0.4 is 10.1 Å². The monoisotopic (exact) mass is 209 g/mol. The number of ether oxygens (including phenoxy) is 2. The Labute approximate surface area is 88.8 Å². The molecule has 1 aromatic heterocycles. The summed E-state index contributed by atoms with van der Waals surface area (Å²) in [5, 5.41) is 3.38. The number of hydrogen-bond donors (Lipinski definition) is 1. The number of nitrogens with one attached hydrogen (secondary N) is 1. The van der Waals surface area contributed by atoms with E-state index in [1.165, 1.54) is 6.33 Å². The van der Waals surface area contributed by atoms with Crippen LogP contribution in [0.25, 0.3) is 0 Å². The highest BCUT2D eigenvalue weighted by molar-refractivity contribution is 5.14. The van der Waals surface area contributed by atoms with Crippen LogP contribution in [0.5, 0.6) is 5.88 Å². The van der Waals surface area contributed by atoms with Crippen LogP contribution in [-0.2, 0) is 11.2 Å². The third-order valence-electron chi connectivity index (χ3n) is 2.36. The van der Waals surface area contributed by atoms with Crippen molar-refractivity contribution in [3.8, 4) is 5.88 Å². The van der Waals surface area contributed by atoms with E-state index in [0.717, 1.165) is 31.9 Å². The highest BCUT2D eigenvalue weighted by atomic mass is 16.5. The summed E-state index contributed by atoms with van der Waals surface area (Å²) in [6.07, 6.45) is 2.37. The molecule has 2 rings (SSSR count). The van der Waals surface area contributed by atoms with Gasteiger partial charge in [0.25, 0.3) is 0 Å². The van der Waals surface area contributed by atoms with Crippen molar-refractivity contribution in [3.05, 3.63) is 18.1 Å². The van der Waals surface area contributed by atoms with Crippen LogP contribution in [0.2, 0.25) is 0 Å². The zero-order chi connectivity index (χ0) is 10.5. The van der Waals surface area contributed by atoms with Crippen molar-refractivity contribution in [2.24, 2.45) is 0 Å². The van der Waals surface area contributed by atoms with Crippen LogP contribution in [0.1, 0.15) is 5.69 Å². The first-order valence-corrected chi connectivity index (χ1v) is 5.04. The van der Waals surface area contributed by atoms with Crippen molar-refractivity contribution >= 4 is 0 Å². The van der Waals surface area contributed by atoms with Gasteiger partial charge >= 0.3 is 0 Å². The van der Waals surface area contributed by atoms with E-state index in [9.17, 15) is 0 Å². The normalized spacial score (nSPS) is 21.3. The molecular weight excluding hydrogens is 194 g/mol. The fourth-order valence-corrected chi connectivity index (χ4v) is 1.60. The number of rotatable bonds is 3. The Morgan fingerprint density at radius 1 is 1.60 bits per heavy atom. The summed E-state index contributed by atoms with van der Waals surface area (Å²) in [6.45, 7) is 2.45. The molecule has 5 heteroatoms. The van der Waals surface area contributed by atoms with Gasteiger partial charge in [-0.05, 0) is 0 Å². The van der Waals surface area contributed by atoms with Crippen molar-refractivity contribution in [3.63, 3.8) is 0 Å². The second-order valence-electron chi connectivity index (χ2n) is 3.48. The Morgan fingerprint density at radius 3 is 3.27 bits per heavy atom. The summed E-state index contributed by atoms with van der Waals surface area (Å²) < 4.78 is 10.4. The summed E-state index contributed by atoms with van der Waals surface area (Å²) in [4.78, 5) is 8.16. The van der Waals surface area contributed by atoms with Gasteiger partial charge in [0.2, 0.25) is 5.88 Å². The van der Waals surface area contributed by atoms with Crippen molar-refractivity contribution in [2.75, 3.05) is 26.9 Å². The van der Waals surface area contributed by atoms with E-state index in [1.807, 2.05) is 6.07 Å². The lowest BCUT2D eigenvalue weighted by atomic mass is 10.1. The first-order chi connectivity index (χ1) is 7.38. The molecule has 1 aromatic rings. The Hall–Kier alpha value is -1.20. The molecule has 0 spiro atoms. The van der Waals surface area contributed by atoms with Gasteiger partial charge in [0.05, 0.1) is 20.3 Å². The van der Waals surface area contributed by atoms with Crippen LogP contribution in [0, 0.1) is 0 Å². The van der Waals surface area contributed by atoms with Crippen LogP contribution in [0.15, 0.2) is 12.4 Å². The minimum Gasteiger partial charge on any atom is -0.481 e. The number of methoxy groups -OCH3 is 1. The largest absolute Gasteiger partial charge is 0.481 e. The maximum atomic E-state index is 5.37. The molecular formula is C10H15N3O2. The molecule has 1 saturated heterocycles. The summed E-state index contributed by atoms with van der Waals surface area (Å²) in [6, 6.07) is 2.20. The lowest BCUT2D eigenvalue weighted by Crippen LogP contribution is -2.42. The molecule has 0 saturated carbocycles. The third-order valence-corrected chi connectivity index (χ3v) is 2.36. The van der Waals surface area contributed by atoms with E-state index in [0.29, 0.717) is 11.9 Å². The third kappa shape index (κ3) is 2.87. The van der Waals surface area contributed by atoms with Crippen LogP contribution in [0.4, 0.5) is 0 Å². The lowest BCUT2D eigenvalue weighted by Gasteiger charge is -2.23. The molecule has 1 fully saturated rings. The van der Waals surface area contributed by atoms with Crippen LogP contribution in [0.3, 0.4) is 0 Å². The number of aromatic nitrogens is 2. The zero-order valence-corrected chi connectivity index (χ0v) is 8.77. The topological polar surface area (TPSA) is 56.3 Å². The van der Waals surface area contributed by atoms with Crippen molar-refractivity contribution < 1.29 is 9.47 Å². The van der Waals surface area contributed by atoms with Crippen molar-refractivity contribution in [1.82, 2.24) is 15.3 Å². The molecule has 0 aliphatic carbocycles. The molecule has 15 heavy (non-hydrogen) atoms. The van der Waals surface area contributed by atoms with Gasteiger partial charge in [0, 0.05) is 30.8 Å². The Bertz CT molecular complexity index is 313. The first-order valence-electron chi connectivity index (χ1n) is 5.04. The molecule has 1 aliphatic rings. The second-order valence-corrected chi connectivity index (χ2v) is 3.48. The van der Waals surface area contributed by atoms with Crippen LogP contribution >= 0.6 is 0 Å². The lowest BCUT2D eigenvalue weighted by molar-refractivity contribution is 0.0767. The Morgan fingerprint density at radius 2 is 2.53 bits per heavy atom.